The second-order valence-electron chi connectivity index (χ2n) is 37.7. The van der Waals surface area contributed by atoms with Gasteiger partial charge in [0.2, 0.25) is 0 Å². The lowest BCUT2D eigenvalue weighted by atomic mass is 9.75. The number of rotatable bonds is 12. The van der Waals surface area contributed by atoms with Crippen molar-refractivity contribution >= 4 is 85.0 Å². The lowest BCUT2D eigenvalue weighted by Crippen LogP contribution is -2.24. The van der Waals surface area contributed by atoms with Crippen LogP contribution in [0.1, 0.15) is 74.9 Å². The molecule has 0 atom stereocenters. The Hall–Kier alpha value is -17.2. The van der Waals surface area contributed by atoms with Crippen LogP contribution in [0.25, 0.3) is 198 Å². The van der Waals surface area contributed by atoms with Crippen molar-refractivity contribution < 1.29 is 18.6 Å². The van der Waals surface area contributed by atoms with Gasteiger partial charge in [-0.15, -0.1) is 22.7 Å². The first-order valence-electron chi connectivity index (χ1n) is 47.6. The normalized spacial score (nSPS) is 13.2. The predicted molar refractivity (Wildman–Crippen MR) is 578 cm³/mol. The Bertz CT molecular complexity index is 8050. The summed E-state index contributed by atoms with van der Waals surface area (Å²) in [7, 11) is 0. The molecular formula is C128H89N7O4S2. The maximum Gasteiger partial charge on any atom is 0.178 e. The topological polar surface area (TPSA) is 131 Å². The van der Waals surface area contributed by atoms with Crippen LogP contribution in [0.5, 0.6) is 34.5 Å². The number of ether oxygens (including phenoxy) is 3. The summed E-state index contributed by atoms with van der Waals surface area (Å²) in [6.45, 7) is 13.7. The Kier molecular flexibility index (Phi) is 21.1. The van der Waals surface area contributed by atoms with Gasteiger partial charge in [-0.1, -0.05) is 399 Å². The largest absolute Gasteiger partial charge is 0.455 e. The van der Waals surface area contributed by atoms with Gasteiger partial charge in [-0.25, -0.2) is 34.9 Å². The van der Waals surface area contributed by atoms with Gasteiger partial charge in [0.25, 0.3) is 0 Å². The number of hydrogen-bond acceptors (Lipinski definition) is 13. The molecule has 141 heavy (non-hydrogen) atoms. The van der Waals surface area contributed by atoms with Gasteiger partial charge >= 0.3 is 0 Å². The molecule has 0 saturated heterocycles. The first-order valence-corrected chi connectivity index (χ1v) is 49.2. The lowest BCUT2D eigenvalue weighted by Gasteiger charge is -2.35. The monoisotopic (exact) mass is 1850 g/mol. The maximum absolute atomic E-state index is 6.85. The van der Waals surface area contributed by atoms with Gasteiger partial charge < -0.3 is 18.6 Å². The minimum absolute atomic E-state index is 0.198. The second-order valence-corrected chi connectivity index (χ2v) is 39.8. The maximum atomic E-state index is 6.85. The zero-order chi connectivity index (χ0) is 94.6. The van der Waals surface area contributed by atoms with Crippen molar-refractivity contribution in [2.24, 2.45) is 0 Å². The summed E-state index contributed by atoms with van der Waals surface area (Å²) in [6.07, 6.45) is 0. The highest BCUT2D eigenvalue weighted by Gasteiger charge is 2.40. The van der Waals surface area contributed by atoms with E-state index in [1.165, 1.54) is 62.6 Å². The van der Waals surface area contributed by atoms with Crippen LogP contribution in [0.15, 0.2) is 435 Å². The molecule has 0 amide bonds. The minimum Gasteiger partial charge on any atom is -0.455 e. The smallest absolute Gasteiger partial charge is 0.178 e. The van der Waals surface area contributed by atoms with Gasteiger partial charge in [-0.3, -0.25) is 0 Å². The Labute approximate surface area is 824 Å². The number of fused-ring (bicyclic) bond motifs is 18. The summed E-state index contributed by atoms with van der Waals surface area (Å²) in [5.74, 6) is 8.75. The Morgan fingerprint density at radius 1 is 0.191 bits per heavy atom. The standard InChI is InChI=1S/C43H30N2O2.C43H30N2OS.C42H29N3OS/c1-43(2)34-22-20-30(25-39(34)47-41-35(43)23-21-33-32-18-9-10-19-38(32)46-40(33)41)29-16-11-17-31(24-29)37-26-36(27-12-5-3-6-13-27)44-42(45-37)28-14-7-4-8-15-28;1-43(2)34-22-20-30(25-38(34)46-40-35(43)23-21-33-32-18-9-10-19-39(32)47-41(33)40)29-16-11-17-31(24-29)37-26-36(27-12-5-3-6-13-27)44-42(45-37)28-14-7-4-8-15-28;1-42(2)33-22-20-29(25-35(33)46-37-34(42)23-21-32-31-18-9-10-19-36(31)47-38(32)37)28-16-11-17-30(24-28)41-44-39(26-12-5-3-6-13-26)43-40(45-41)27-14-7-4-8-15-27/h2*3-26H,1-2H3;3-25H,1-2H3. The zero-order valence-corrected chi connectivity index (χ0v) is 79.7. The van der Waals surface area contributed by atoms with Gasteiger partial charge in [0, 0.05) is 141 Å². The van der Waals surface area contributed by atoms with Crippen LogP contribution in [0, 0.1) is 0 Å². The van der Waals surface area contributed by atoms with Crippen molar-refractivity contribution in [2.45, 2.75) is 57.8 Å². The van der Waals surface area contributed by atoms with E-state index in [1.807, 2.05) is 163 Å². The molecule has 3 aliphatic rings. The summed E-state index contributed by atoms with van der Waals surface area (Å²) in [5, 5.41) is 7.22. The average Bonchev–Trinajstić information content (AvgIpc) is 1.68. The van der Waals surface area contributed by atoms with Crippen LogP contribution >= 0.6 is 22.7 Å². The molecule has 0 bridgehead atoms. The molecule has 0 radical (unpaired) electrons. The number of aromatic nitrogens is 7. The Morgan fingerprint density at radius 2 is 0.468 bits per heavy atom. The summed E-state index contributed by atoms with van der Waals surface area (Å²) in [4.78, 5) is 34.8. The molecule has 24 aromatic rings. The van der Waals surface area contributed by atoms with E-state index in [1.54, 1.807) is 11.3 Å². The molecule has 0 spiro atoms. The van der Waals surface area contributed by atoms with Crippen molar-refractivity contribution in [1.29, 1.82) is 0 Å². The van der Waals surface area contributed by atoms with Crippen molar-refractivity contribution in [1.82, 2.24) is 34.9 Å². The van der Waals surface area contributed by atoms with Gasteiger partial charge in [0.1, 0.15) is 34.3 Å². The number of benzene rings is 18. The molecule has 672 valence electrons. The molecule has 0 aliphatic carbocycles. The summed E-state index contributed by atoms with van der Waals surface area (Å²) < 4.78 is 31.8. The molecule has 3 aliphatic heterocycles. The molecule has 9 heterocycles. The Balaban J connectivity index is 0.000000111. The molecule has 0 saturated carbocycles. The summed E-state index contributed by atoms with van der Waals surface area (Å²) in [6, 6.07) is 149. The number of nitrogens with zero attached hydrogens (tertiary/aromatic N) is 7. The van der Waals surface area contributed by atoms with Crippen LogP contribution in [-0.2, 0) is 16.2 Å². The molecule has 18 aromatic carbocycles. The van der Waals surface area contributed by atoms with E-state index in [-0.39, 0.29) is 16.2 Å². The first kappa shape index (κ1) is 85.4. The van der Waals surface area contributed by atoms with Crippen LogP contribution in [0.4, 0.5) is 0 Å². The summed E-state index contributed by atoms with van der Waals surface area (Å²) >= 11 is 3.62. The van der Waals surface area contributed by atoms with Gasteiger partial charge in [0.05, 0.1) is 32.2 Å². The van der Waals surface area contributed by atoms with Crippen molar-refractivity contribution in [3.8, 4) is 170 Å². The van der Waals surface area contributed by atoms with Crippen LogP contribution in [0.3, 0.4) is 0 Å². The SMILES string of the molecule is CC1(C)c2ccc(-c3cccc(-c4cc(-c5ccccc5)nc(-c5ccccc5)n4)c3)cc2Oc2c1ccc1c2oc2ccccc21.CC1(C)c2ccc(-c3cccc(-c4cc(-c5ccccc5)nc(-c5ccccc5)n4)c3)cc2Oc2c1ccc1c2sc2ccccc21.CC1(C)c2ccc(-c3cccc(-c4nc(-c5ccccc5)nc(-c5ccccc5)n4)c3)cc2Oc2c1ccc1c2sc2ccccc21. The molecule has 13 heteroatoms. The third-order valence-electron chi connectivity index (χ3n) is 27.9. The number of para-hydroxylation sites is 1. The molecular weight excluding hydrogens is 1760 g/mol. The highest BCUT2D eigenvalue weighted by Crippen LogP contribution is 2.58. The van der Waals surface area contributed by atoms with E-state index in [2.05, 4.69) is 321 Å². The number of furan rings is 1. The fraction of sp³-hybridized carbons (Fsp3) is 0.0703. The average molecular weight is 1850 g/mol. The highest BCUT2D eigenvalue weighted by molar-refractivity contribution is 7.26. The van der Waals surface area contributed by atoms with Crippen LogP contribution < -0.4 is 14.2 Å². The van der Waals surface area contributed by atoms with E-state index in [0.29, 0.717) is 29.1 Å². The van der Waals surface area contributed by atoms with Crippen molar-refractivity contribution in [3.05, 3.63) is 464 Å². The molecule has 0 fully saturated rings. The quantitative estimate of drug-likeness (QED) is 0.116. The van der Waals surface area contributed by atoms with Gasteiger partial charge in [-0.05, 0) is 106 Å². The zero-order valence-electron chi connectivity index (χ0n) is 78.1. The van der Waals surface area contributed by atoms with Gasteiger partial charge in [0.15, 0.2) is 40.5 Å². The Morgan fingerprint density at radius 3 is 0.865 bits per heavy atom. The van der Waals surface area contributed by atoms with E-state index >= 15 is 0 Å². The molecule has 6 aromatic heterocycles. The third kappa shape index (κ3) is 15.5. The van der Waals surface area contributed by atoms with Crippen LogP contribution in [0.2, 0.25) is 0 Å². The first-order chi connectivity index (χ1) is 69.1. The number of thiophene rings is 2. The van der Waals surface area contributed by atoms with E-state index in [4.69, 9.17) is 53.5 Å². The van der Waals surface area contributed by atoms with Gasteiger partial charge in [-0.2, -0.15) is 0 Å². The van der Waals surface area contributed by atoms with Crippen molar-refractivity contribution in [2.75, 3.05) is 0 Å². The summed E-state index contributed by atoms with van der Waals surface area (Å²) in [5.41, 5.74) is 27.1. The second kappa shape index (κ2) is 34.8. The molecule has 0 N–H and O–H groups in total. The molecule has 11 nitrogen and oxygen atoms in total. The number of hydrogen-bond donors (Lipinski definition) is 0. The van der Waals surface area contributed by atoms with E-state index in [9.17, 15) is 0 Å². The predicted octanol–water partition coefficient (Wildman–Crippen LogP) is 34.8. The molecule has 27 rings (SSSR count). The van der Waals surface area contributed by atoms with Crippen LogP contribution in [-0.4, -0.2) is 34.9 Å². The fourth-order valence-electron chi connectivity index (χ4n) is 20.4. The lowest BCUT2D eigenvalue weighted by molar-refractivity contribution is 0.415. The van der Waals surface area contributed by atoms with Crippen molar-refractivity contribution in [3.63, 3.8) is 0 Å². The fourth-order valence-corrected chi connectivity index (χ4v) is 22.7. The van der Waals surface area contributed by atoms with E-state index < -0.39 is 0 Å². The highest BCUT2D eigenvalue weighted by atomic mass is 32.1. The molecule has 0 unspecified atom stereocenters. The third-order valence-corrected chi connectivity index (χ3v) is 30.3. The van der Waals surface area contributed by atoms with E-state index in [0.717, 1.165) is 174 Å². The minimum atomic E-state index is -0.265.